The fourth-order valence-electron chi connectivity index (χ4n) is 3.14. The Hall–Kier alpha value is -0.380. The van der Waals surface area contributed by atoms with E-state index in [1.807, 2.05) is 11.3 Å². The van der Waals surface area contributed by atoms with Crippen molar-refractivity contribution >= 4 is 11.3 Å². The lowest BCUT2D eigenvalue weighted by Gasteiger charge is -2.18. The smallest absolute Gasteiger partial charge is 0.0556 e. The summed E-state index contributed by atoms with van der Waals surface area (Å²) in [6.45, 7) is 4.60. The van der Waals surface area contributed by atoms with E-state index in [2.05, 4.69) is 25.3 Å². The Labute approximate surface area is 121 Å². The lowest BCUT2D eigenvalue weighted by Crippen LogP contribution is -2.28. The quantitative estimate of drug-likeness (QED) is 0.462. The van der Waals surface area contributed by atoms with Crippen LogP contribution >= 0.6 is 11.3 Å². The molecule has 2 nitrogen and oxygen atoms in total. The SMILES string of the molecule is CCCC(C)CC(NN)c1cc2c(s1)CCCCC2. The Morgan fingerprint density at radius 2 is 2.11 bits per heavy atom. The van der Waals surface area contributed by atoms with E-state index in [1.54, 1.807) is 10.4 Å². The van der Waals surface area contributed by atoms with Crippen molar-refractivity contribution in [1.82, 2.24) is 5.43 Å². The molecule has 0 amide bonds. The normalized spacial score (nSPS) is 18.7. The third kappa shape index (κ3) is 4.04. The summed E-state index contributed by atoms with van der Waals surface area (Å²) in [7, 11) is 0. The average molecular weight is 280 g/mol. The number of nitrogens with one attached hydrogen (secondary N) is 1. The number of hydrazine groups is 1. The van der Waals surface area contributed by atoms with Gasteiger partial charge in [-0.05, 0) is 49.7 Å². The number of fused-ring (bicyclic) bond motifs is 1. The highest BCUT2D eigenvalue weighted by molar-refractivity contribution is 7.12. The Morgan fingerprint density at radius 3 is 2.84 bits per heavy atom. The highest BCUT2D eigenvalue weighted by Crippen LogP contribution is 2.34. The molecule has 1 heterocycles. The molecule has 0 saturated heterocycles. The predicted octanol–water partition coefficient (Wildman–Crippen LogP) is 4.35. The molecule has 0 aliphatic heterocycles. The van der Waals surface area contributed by atoms with Gasteiger partial charge in [0.1, 0.15) is 0 Å². The summed E-state index contributed by atoms with van der Waals surface area (Å²) in [4.78, 5) is 3.08. The minimum Gasteiger partial charge on any atom is -0.271 e. The maximum Gasteiger partial charge on any atom is 0.0556 e. The van der Waals surface area contributed by atoms with E-state index in [-0.39, 0.29) is 0 Å². The van der Waals surface area contributed by atoms with Crippen LogP contribution in [0.3, 0.4) is 0 Å². The Balaban J connectivity index is 2.06. The first kappa shape index (κ1) is 15.0. The van der Waals surface area contributed by atoms with Crippen LogP contribution in [0.5, 0.6) is 0 Å². The van der Waals surface area contributed by atoms with E-state index in [0.29, 0.717) is 6.04 Å². The Bertz CT molecular complexity index is 363. The van der Waals surface area contributed by atoms with Crippen molar-refractivity contribution in [1.29, 1.82) is 0 Å². The predicted molar refractivity (Wildman–Crippen MR) is 84.3 cm³/mol. The third-order valence-electron chi connectivity index (χ3n) is 4.23. The van der Waals surface area contributed by atoms with E-state index in [1.165, 1.54) is 49.8 Å². The molecular formula is C16H28N2S. The molecule has 3 heteroatoms. The zero-order valence-corrected chi connectivity index (χ0v) is 13.2. The van der Waals surface area contributed by atoms with Gasteiger partial charge < -0.3 is 0 Å². The lowest BCUT2D eigenvalue weighted by molar-refractivity contribution is 0.398. The van der Waals surface area contributed by atoms with Gasteiger partial charge >= 0.3 is 0 Å². The van der Waals surface area contributed by atoms with Crippen LogP contribution in [0.1, 0.15) is 73.7 Å². The second-order valence-electron chi connectivity index (χ2n) is 6.01. The first-order valence-corrected chi connectivity index (χ1v) is 8.63. The van der Waals surface area contributed by atoms with Crippen molar-refractivity contribution in [3.05, 3.63) is 21.4 Å². The second-order valence-corrected chi connectivity index (χ2v) is 7.17. The monoisotopic (exact) mass is 280 g/mol. The number of rotatable bonds is 6. The molecule has 0 spiro atoms. The topological polar surface area (TPSA) is 38.0 Å². The summed E-state index contributed by atoms with van der Waals surface area (Å²) < 4.78 is 0. The standard InChI is InChI=1S/C16H28N2S/c1-3-7-12(2)10-14(18-17)16-11-13-8-5-4-6-9-15(13)19-16/h11-12,14,18H,3-10,17H2,1-2H3. The molecule has 1 aromatic rings. The summed E-state index contributed by atoms with van der Waals surface area (Å²) >= 11 is 2.00. The molecule has 2 atom stereocenters. The number of hydrogen-bond donors (Lipinski definition) is 2. The van der Waals surface area contributed by atoms with Crippen LogP contribution in [0.15, 0.2) is 6.07 Å². The third-order valence-corrected chi connectivity index (χ3v) is 5.58. The maximum absolute atomic E-state index is 5.79. The van der Waals surface area contributed by atoms with Gasteiger partial charge in [0.2, 0.25) is 0 Å². The van der Waals surface area contributed by atoms with Crippen LogP contribution in [0, 0.1) is 5.92 Å². The molecule has 0 bridgehead atoms. The summed E-state index contributed by atoms with van der Waals surface area (Å²) in [6.07, 6.45) is 10.4. The summed E-state index contributed by atoms with van der Waals surface area (Å²) in [6, 6.07) is 2.77. The van der Waals surface area contributed by atoms with Crippen LogP contribution in [0.25, 0.3) is 0 Å². The van der Waals surface area contributed by atoms with Crippen molar-refractivity contribution in [3.8, 4) is 0 Å². The van der Waals surface area contributed by atoms with Crippen LogP contribution in [0.4, 0.5) is 0 Å². The zero-order chi connectivity index (χ0) is 13.7. The van der Waals surface area contributed by atoms with Gasteiger partial charge in [-0.15, -0.1) is 11.3 Å². The molecular weight excluding hydrogens is 252 g/mol. The molecule has 1 aromatic heterocycles. The van der Waals surface area contributed by atoms with Gasteiger partial charge in [0.15, 0.2) is 0 Å². The molecule has 3 N–H and O–H groups in total. The Morgan fingerprint density at radius 1 is 1.32 bits per heavy atom. The van der Waals surface area contributed by atoms with Crippen molar-refractivity contribution in [2.75, 3.05) is 0 Å². The fourth-order valence-corrected chi connectivity index (χ4v) is 4.47. The van der Waals surface area contributed by atoms with E-state index < -0.39 is 0 Å². The van der Waals surface area contributed by atoms with E-state index >= 15 is 0 Å². The van der Waals surface area contributed by atoms with E-state index in [0.717, 1.165) is 12.3 Å². The largest absolute Gasteiger partial charge is 0.271 e. The molecule has 0 fully saturated rings. The van der Waals surface area contributed by atoms with Gasteiger partial charge in [0.05, 0.1) is 6.04 Å². The van der Waals surface area contributed by atoms with Crippen molar-refractivity contribution in [2.45, 2.75) is 71.3 Å². The molecule has 2 rings (SSSR count). The second kappa shape index (κ2) is 7.41. The Kier molecular flexibility index (Phi) is 5.86. The van der Waals surface area contributed by atoms with Gasteiger partial charge in [-0.25, -0.2) is 0 Å². The molecule has 0 radical (unpaired) electrons. The molecule has 108 valence electrons. The minimum absolute atomic E-state index is 0.346. The minimum atomic E-state index is 0.346. The van der Waals surface area contributed by atoms with Crippen molar-refractivity contribution < 1.29 is 0 Å². The summed E-state index contributed by atoms with van der Waals surface area (Å²) in [5.74, 6) is 6.54. The average Bonchev–Trinajstić information content (AvgIpc) is 2.67. The van der Waals surface area contributed by atoms with Gasteiger partial charge in [0, 0.05) is 9.75 Å². The zero-order valence-electron chi connectivity index (χ0n) is 12.4. The van der Waals surface area contributed by atoms with Crippen LogP contribution < -0.4 is 11.3 Å². The van der Waals surface area contributed by atoms with Gasteiger partial charge in [-0.1, -0.05) is 33.1 Å². The summed E-state index contributed by atoms with van der Waals surface area (Å²) in [5.41, 5.74) is 4.64. The molecule has 1 aliphatic rings. The van der Waals surface area contributed by atoms with Crippen LogP contribution in [0.2, 0.25) is 0 Å². The molecule has 0 aromatic carbocycles. The van der Waals surface area contributed by atoms with E-state index in [9.17, 15) is 0 Å². The lowest BCUT2D eigenvalue weighted by atomic mass is 9.96. The summed E-state index contributed by atoms with van der Waals surface area (Å²) in [5, 5.41) is 0. The number of aryl methyl sites for hydroxylation is 2. The number of hydrogen-bond acceptors (Lipinski definition) is 3. The van der Waals surface area contributed by atoms with Gasteiger partial charge in [-0.3, -0.25) is 11.3 Å². The first-order chi connectivity index (χ1) is 9.24. The number of nitrogens with two attached hydrogens (primary N) is 1. The highest BCUT2D eigenvalue weighted by Gasteiger charge is 2.19. The number of thiophene rings is 1. The molecule has 1 aliphatic carbocycles. The van der Waals surface area contributed by atoms with E-state index in [4.69, 9.17) is 5.84 Å². The van der Waals surface area contributed by atoms with Crippen LogP contribution in [-0.2, 0) is 12.8 Å². The molecule has 19 heavy (non-hydrogen) atoms. The molecule has 2 unspecified atom stereocenters. The fraction of sp³-hybridized carbons (Fsp3) is 0.750. The maximum atomic E-state index is 5.79. The van der Waals surface area contributed by atoms with Crippen LogP contribution in [-0.4, -0.2) is 0 Å². The molecule has 0 saturated carbocycles. The van der Waals surface area contributed by atoms with Crippen molar-refractivity contribution in [2.24, 2.45) is 11.8 Å². The van der Waals surface area contributed by atoms with Gasteiger partial charge in [0.25, 0.3) is 0 Å². The van der Waals surface area contributed by atoms with Gasteiger partial charge in [-0.2, -0.15) is 0 Å². The highest BCUT2D eigenvalue weighted by atomic mass is 32.1. The first-order valence-electron chi connectivity index (χ1n) is 7.82. The van der Waals surface area contributed by atoms with Crippen molar-refractivity contribution in [3.63, 3.8) is 0 Å².